The van der Waals surface area contributed by atoms with Crippen LogP contribution in [0.15, 0.2) is 60.7 Å². The molecule has 29 heavy (non-hydrogen) atoms. The highest BCUT2D eigenvalue weighted by molar-refractivity contribution is 5.90. The minimum atomic E-state index is -0.379. The number of fused-ring (bicyclic) bond motifs is 5. The predicted molar refractivity (Wildman–Crippen MR) is 108 cm³/mol. The third kappa shape index (κ3) is 3.57. The van der Waals surface area contributed by atoms with E-state index in [1.165, 1.54) is 19.3 Å². The summed E-state index contributed by atoms with van der Waals surface area (Å²) < 4.78 is 11.9. The third-order valence-corrected chi connectivity index (χ3v) is 7.23. The largest absolute Gasteiger partial charge is 0.455 e. The Kier molecular flexibility index (Phi) is 4.86. The van der Waals surface area contributed by atoms with Crippen LogP contribution in [0.1, 0.15) is 52.8 Å². The van der Waals surface area contributed by atoms with Gasteiger partial charge in [-0.15, -0.1) is 0 Å². The number of hydrogen-bond donors (Lipinski definition) is 0. The maximum absolute atomic E-state index is 12.7. The van der Waals surface area contributed by atoms with Gasteiger partial charge in [-0.2, -0.15) is 0 Å². The van der Waals surface area contributed by atoms with Crippen LogP contribution in [-0.4, -0.2) is 24.1 Å². The van der Waals surface area contributed by atoms with Crippen LogP contribution in [0.4, 0.5) is 0 Å². The molecule has 0 amide bonds. The lowest BCUT2D eigenvalue weighted by Crippen LogP contribution is -2.45. The molecule has 2 aromatic rings. The van der Waals surface area contributed by atoms with E-state index in [0.717, 1.165) is 24.7 Å². The zero-order valence-electron chi connectivity index (χ0n) is 16.4. The Labute approximate surface area is 171 Å². The van der Waals surface area contributed by atoms with Gasteiger partial charge < -0.3 is 9.47 Å². The lowest BCUT2D eigenvalue weighted by molar-refractivity contribution is -0.0822. The summed E-state index contributed by atoms with van der Waals surface area (Å²) in [4.78, 5) is 25.4. The van der Waals surface area contributed by atoms with E-state index >= 15 is 0 Å². The van der Waals surface area contributed by atoms with Gasteiger partial charge in [-0.3, -0.25) is 0 Å². The maximum Gasteiger partial charge on any atom is 0.338 e. The molecular formula is C25H26O4. The fourth-order valence-electron chi connectivity index (χ4n) is 5.91. The van der Waals surface area contributed by atoms with Crippen LogP contribution in [0.3, 0.4) is 0 Å². The molecule has 0 spiro atoms. The number of benzene rings is 2. The maximum atomic E-state index is 12.7. The number of ether oxygens (including phenoxy) is 2. The molecule has 3 aliphatic rings. The molecule has 2 aromatic carbocycles. The first kappa shape index (κ1) is 18.4. The van der Waals surface area contributed by atoms with E-state index in [2.05, 4.69) is 0 Å². The molecule has 0 aliphatic heterocycles. The summed E-state index contributed by atoms with van der Waals surface area (Å²) in [6, 6.07) is 18.1. The Morgan fingerprint density at radius 3 is 1.45 bits per heavy atom. The van der Waals surface area contributed by atoms with Crippen LogP contribution in [-0.2, 0) is 9.47 Å². The number of carbonyl (C=O) groups excluding carboxylic acids is 2. The van der Waals surface area contributed by atoms with Crippen LogP contribution in [0.2, 0.25) is 0 Å². The Bertz CT molecular complexity index is 805. The lowest BCUT2D eigenvalue weighted by atomic mass is 9.69. The highest BCUT2D eigenvalue weighted by Gasteiger charge is 2.53. The molecule has 0 saturated heterocycles. The molecular weight excluding hydrogens is 364 g/mol. The van der Waals surface area contributed by atoms with Crippen molar-refractivity contribution in [3.8, 4) is 0 Å². The summed E-state index contributed by atoms with van der Waals surface area (Å²) in [5, 5.41) is 0. The summed E-state index contributed by atoms with van der Waals surface area (Å²) in [6.07, 6.45) is 4.72. The van der Waals surface area contributed by atoms with Crippen LogP contribution >= 0.6 is 0 Å². The molecule has 0 heterocycles. The molecule has 6 atom stereocenters. The minimum Gasteiger partial charge on any atom is -0.455 e. The summed E-state index contributed by atoms with van der Waals surface area (Å²) in [6.45, 7) is 0. The van der Waals surface area contributed by atoms with Crippen molar-refractivity contribution >= 4 is 11.9 Å². The smallest absolute Gasteiger partial charge is 0.338 e. The van der Waals surface area contributed by atoms with Crippen LogP contribution in [0.25, 0.3) is 0 Å². The van der Waals surface area contributed by atoms with E-state index < -0.39 is 0 Å². The number of esters is 2. The summed E-state index contributed by atoms with van der Waals surface area (Å²) in [5.41, 5.74) is 1.08. The Morgan fingerprint density at radius 2 is 1.03 bits per heavy atom. The van der Waals surface area contributed by atoms with Crippen LogP contribution < -0.4 is 0 Å². The van der Waals surface area contributed by atoms with Gasteiger partial charge in [0.05, 0.1) is 11.1 Å². The second kappa shape index (κ2) is 7.66. The van der Waals surface area contributed by atoms with Crippen molar-refractivity contribution in [3.05, 3.63) is 71.8 Å². The molecule has 2 bridgehead atoms. The van der Waals surface area contributed by atoms with Gasteiger partial charge in [-0.1, -0.05) is 36.4 Å². The SMILES string of the molecule is O=C(O[C@H]1CC2C3CCC(C3)C2C[C@H]1OC(=O)c1ccccc1)c1ccccc1. The van der Waals surface area contributed by atoms with Crippen molar-refractivity contribution < 1.29 is 19.1 Å². The predicted octanol–water partition coefficient (Wildman–Crippen LogP) is 4.89. The van der Waals surface area contributed by atoms with Gasteiger partial charge in [0, 0.05) is 0 Å². The van der Waals surface area contributed by atoms with E-state index in [9.17, 15) is 9.59 Å². The van der Waals surface area contributed by atoms with Gasteiger partial charge in [-0.05, 0) is 80.0 Å². The highest BCUT2D eigenvalue weighted by Crippen LogP contribution is 2.58. The van der Waals surface area contributed by atoms with Crippen molar-refractivity contribution in [1.29, 1.82) is 0 Å². The average molecular weight is 390 g/mol. The van der Waals surface area contributed by atoms with Crippen molar-refractivity contribution in [1.82, 2.24) is 0 Å². The van der Waals surface area contributed by atoms with E-state index in [1.54, 1.807) is 24.3 Å². The zero-order chi connectivity index (χ0) is 19.8. The van der Waals surface area contributed by atoms with Crippen LogP contribution in [0.5, 0.6) is 0 Å². The fourth-order valence-corrected chi connectivity index (χ4v) is 5.91. The van der Waals surface area contributed by atoms with Gasteiger partial charge in [0.15, 0.2) is 0 Å². The fraction of sp³-hybridized carbons (Fsp3) is 0.440. The number of carbonyl (C=O) groups is 2. The molecule has 0 aromatic heterocycles. The zero-order valence-corrected chi connectivity index (χ0v) is 16.4. The molecule has 3 fully saturated rings. The molecule has 5 rings (SSSR count). The first-order valence-electron chi connectivity index (χ1n) is 10.7. The van der Waals surface area contributed by atoms with Gasteiger partial charge in [0.1, 0.15) is 12.2 Å². The van der Waals surface area contributed by atoms with Crippen molar-refractivity contribution in [2.75, 3.05) is 0 Å². The van der Waals surface area contributed by atoms with Gasteiger partial charge in [-0.25, -0.2) is 9.59 Å². The van der Waals surface area contributed by atoms with Crippen LogP contribution in [0, 0.1) is 23.7 Å². The minimum absolute atomic E-state index is 0.335. The molecule has 3 aliphatic carbocycles. The van der Waals surface area contributed by atoms with Gasteiger partial charge >= 0.3 is 11.9 Å². The molecule has 3 saturated carbocycles. The number of hydrogen-bond acceptors (Lipinski definition) is 4. The second-order valence-electron chi connectivity index (χ2n) is 8.75. The van der Waals surface area contributed by atoms with Gasteiger partial charge in [0.2, 0.25) is 0 Å². The Morgan fingerprint density at radius 1 is 0.621 bits per heavy atom. The quantitative estimate of drug-likeness (QED) is 0.697. The van der Waals surface area contributed by atoms with Gasteiger partial charge in [0.25, 0.3) is 0 Å². The Balaban J connectivity index is 1.35. The Hall–Kier alpha value is -2.62. The van der Waals surface area contributed by atoms with E-state index in [0.29, 0.717) is 23.0 Å². The first-order chi connectivity index (χ1) is 14.2. The van der Waals surface area contributed by atoms with Crippen molar-refractivity contribution in [2.24, 2.45) is 23.7 Å². The lowest BCUT2D eigenvalue weighted by Gasteiger charge is -2.42. The second-order valence-corrected chi connectivity index (χ2v) is 8.75. The first-order valence-corrected chi connectivity index (χ1v) is 10.7. The monoisotopic (exact) mass is 390 g/mol. The normalized spacial score (nSPS) is 32.4. The molecule has 4 unspecified atom stereocenters. The van der Waals surface area contributed by atoms with E-state index in [1.807, 2.05) is 36.4 Å². The molecule has 4 heteroatoms. The van der Waals surface area contributed by atoms with Crippen molar-refractivity contribution in [3.63, 3.8) is 0 Å². The highest BCUT2D eigenvalue weighted by atomic mass is 16.6. The average Bonchev–Trinajstić information content (AvgIpc) is 3.37. The summed E-state index contributed by atoms with van der Waals surface area (Å²) >= 11 is 0. The molecule has 0 radical (unpaired) electrons. The molecule has 150 valence electrons. The topological polar surface area (TPSA) is 52.6 Å². The molecule has 0 N–H and O–H groups in total. The third-order valence-electron chi connectivity index (χ3n) is 7.23. The molecule has 4 nitrogen and oxygen atoms in total. The summed E-state index contributed by atoms with van der Waals surface area (Å²) in [5.74, 6) is 2.00. The van der Waals surface area contributed by atoms with E-state index in [4.69, 9.17) is 9.47 Å². The number of rotatable bonds is 4. The standard InChI is InChI=1S/C25H26O4/c26-24(16-7-3-1-4-8-16)28-22-14-20-18-11-12-19(13-18)21(20)15-23(22)29-25(27)17-9-5-2-6-10-17/h1-10,18-23H,11-15H2/t18?,19?,20?,21?,22-,23+. The van der Waals surface area contributed by atoms with Crippen molar-refractivity contribution in [2.45, 2.75) is 44.3 Å². The summed E-state index contributed by atoms with van der Waals surface area (Å²) in [7, 11) is 0. The van der Waals surface area contributed by atoms with E-state index in [-0.39, 0.29) is 24.1 Å².